The molecule has 0 saturated heterocycles. The van der Waals surface area contributed by atoms with Crippen LogP contribution in [0.5, 0.6) is 0 Å². The number of para-hydroxylation sites is 1. The number of fused-ring (bicyclic) bond motifs is 10. The monoisotopic (exact) mass is 735 g/mol. The largest absolute Gasteiger partial charge is 0.335 e. The topological polar surface area (TPSA) is 9.72 Å². The average Bonchev–Trinajstić information content (AvgIpc) is 3.51. The number of benzene rings is 5. The van der Waals surface area contributed by atoms with Crippen molar-refractivity contribution in [2.24, 2.45) is 0 Å². The second kappa shape index (κ2) is 11.1. The maximum Gasteiger partial charge on any atom is 0.252 e. The first kappa shape index (κ1) is 34.8. The summed E-state index contributed by atoms with van der Waals surface area (Å²) < 4.78 is 0. The van der Waals surface area contributed by atoms with Gasteiger partial charge in [0.2, 0.25) is 0 Å². The first-order chi connectivity index (χ1) is 26.7. The van der Waals surface area contributed by atoms with Crippen LogP contribution in [-0.4, -0.2) is 17.8 Å². The maximum atomic E-state index is 2.93. The van der Waals surface area contributed by atoms with E-state index in [1.165, 1.54) is 130 Å². The van der Waals surface area contributed by atoms with Gasteiger partial charge in [-0.1, -0.05) is 115 Å². The smallest absolute Gasteiger partial charge is 0.252 e. The Labute approximate surface area is 336 Å². The Morgan fingerprint density at radius 3 is 1.93 bits per heavy atom. The van der Waals surface area contributed by atoms with E-state index in [-0.39, 0.29) is 34.0 Å². The zero-order valence-electron chi connectivity index (χ0n) is 35.2. The van der Waals surface area contributed by atoms with E-state index in [9.17, 15) is 0 Å². The molecule has 0 N–H and O–H groups in total. The number of rotatable bonds is 2. The molecule has 4 heterocycles. The van der Waals surface area contributed by atoms with Crippen molar-refractivity contribution in [1.82, 2.24) is 0 Å². The van der Waals surface area contributed by atoms with E-state index < -0.39 is 0 Å². The van der Waals surface area contributed by atoms with Crippen molar-refractivity contribution < 1.29 is 0 Å². The van der Waals surface area contributed by atoms with E-state index in [4.69, 9.17) is 0 Å². The van der Waals surface area contributed by atoms with Gasteiger partial charge in [-0.3, -0.25) is 0 Å². The fraction of sp³-hybridized carbons (Fsp3) is 0.423. The highest BCUT2D eigenvalue weighted by molar-refractivity contribution is 7.00. The maximum absolute atomic E-state index is 2.93. The van der Waals surface area contributed by atoms with Gasteiger partial charge in [-0.15, -0.1) is 0 Å². The van der Waals surface area contributed by atoms with Crippen LogP contribution in [0.3, 0.4) is 0 Å². The Kier molecular flexibility index (Phi) is 6.92. The van der Waals surface area contributed by atoms with E-state index in [1.54, 1.807) is 5.56 Å². The molecule has 0 amide bonds. The molecule has 0 aromatic heterocycles. The average molecular weight is 736 g/mol. The van der Waals surface area contributed by atoms with Crippen molar-refractivity contribution in [3.05, 3.63) is 119 Å². The SMILES string of the molecule is Cc1cccc(N2c3cc(C)ccc3B3c4cc(C(C)(C)C)cc5c4N(c4cc(N6c7ccccc7C7(C)CCCCC67C)cc2c43)C2(C)CCCCC52C)c1. The molecular formula is C52H58BN3. The molecule has 2 saturated carbocycles. The Balaban J connectivity index is 1.29. The van der Waals surface area contributed by atoms with E-state index in [0.29, 0.717) is 0 Å². The van der Waals surface area contributed by atoms with Crippen LogP contribution in [0.1, 0.15) is 128 Å². The van der Waals surface area contributed by atoms with Crippen molar-refractivity contribution in [2.45, 2.75) is 141 Å². The van der Waals surface area contributed by atoms with Gasteiger partial charge >= 0.3 is 0 Å². The third-order valence-electron chi connectivity index (χ3n) is 16.6. The molecule has 11 rings (SSSR count). The predicted octanol–water partition coefficient (Wildman–Crippen LogP) is 11.7. The predicted molar refractivity (Wildman–Crippen MR) is 240 cm³/mol. The molecule has 4 aliphatic heterocycles. The zero-order chi connectivity index (χ0) is 38.7. The lowest BCUT2D eigenvalue weighted by Gasteiger charge is -2.53. The molecule has 4 atom stereocenters. The second-order valence-electron chi connectivity index (χ2n) is 20.6. The normalized spacial score (nSPS) is 28.0. The summed E-state index contributed by atoms with van der Waals surface area (Å²) in [6.45, 7) is 22.3. The first-order valence-corrected chi connectivity index (χ1v) is 21.7. The molecule has 2 fully saturated rings. The lowest BCUT2D eigenvalue weighted by Crippen LogP contribution is -2.64. The number of hydrogen-bond acceptors (Lipinski definition) is 3. The summed E-state index contributed by atoms with van der Waals surface area (Å²) in [7, 11) is 0. The fourth-order valence-electron chi connectivity index (χ4n) is 13.1. The van der Waals surface area contributed by atoms with Gasteiger partial charge in [0.25, 0.3) is 6.71 Å². The Bertz CT molecular complexity index is 2510. The summed E-state index contributed by atoms with van der Waals surface area (Å²) in [5, 5.41) is 0. The summed E-state index contributed by atoms with van der Waals surface area (Å²) in [6, 6.07) is 36.6. The van der Waals surface area contributed by atoms with Gasteiger partial charge in [-0.25, -0.2) is 0 Å². The molecule has 5 aromatic carbocycles. The molecular weight excluding hydrogens is 677 g/mol. The van der Waals surface area contributed by atoms with Crippen LogP contribution in [0.4, 0.5) is 39.8 Å². The van der Waals surface area contributed by atoms with Crippen LogP contribution >= 0.6 is 0 Å². The van der Waals surface area contributed by atoms with Crippen LogP contribution in [0, 0.1) is 13.8 Å². The molecule has 284 valence electrons. The Morgan fingerprint density at radius 2 is 1.20 bits per heavy atom. The van der Waals surface area contributed by atoms with Crippen molar-refractivity contribution in [3.8, 4) is 0 Å². The van der Waals surface area contributed by atoms with E-state index in [2.05, 4.69) is 168 Å². The summed E-state index contributed by atoms with van der Waals surface area (Å²) in [5.41, 5.74) is 21.3. The molecule has 56 heavy (non-hydrogen) atoms. The molecule has 4 unspecified atom stereocenters. The quantitative estimate of drug-likeness (QED) is 0.164. The van der Waals surface area contributed by atoms with Crippen LogP contribution < -0.4 is 31.1 Å². The van der Waals surface area contributed by atoms with E-state index >= 15 is 0 Å². The zero-order valence-corrected chi connectivity index (χ0v) is 35.2. The van der Waals surface area contributed by atoms with Crippen molar-refractivity contribution in [3.63, 3.8) is 0 Å². The van der Waals surface area contributed by atoms with Crippen LogP contribution in [0.2, 0.25) is 0 Å². The van der Waals surface area contributed by atoms with Gasteiger partial charge in [-0.05, 0) is 139 Å². The van der Waals surface area contributed by atoms with Crippen LogP contribution in [0.25, 0.3) is 0 Å². The van der Waals surface area contributed by atoms with Gasteiger partial charge in [0.15, 0.2) is 0 Å². The highest BCUT2D eigenvalue weighted by Crippen LogP contribution is 2.65. The number of aryl methyl sites for hydroxylation is 2. The van der Waals surface area contributed by atoms with Crippen molar-refractivity contribution in [2.75, 3.05) is 14.7 Å². The summed E-state index contributed by atoms with van der Waals surface area (Å²) in [6.07, 6.45) is 9.99. The van der Waals surface area contributed by atoms with Gasteiger partial charge in [0.1, 0.15) is 0 Å². The van der Waals surface area contributed by atoms with Gasteiger partial charge in [0, 0.05) is 50.6 Å². The summed E-state index contributed by atoms with van der Waals surface area (Å²) >= 11 is 0. The minimum atomic E-state index is -0.0376. The van der Waals surface area contributed by atoms with Gasteiger partial charge in [-0.2, -0.15) is 0 Å². The minimum absolute atomic E-state index is 0.0275. The Morgan fingerprint density at radius 1 is 0.536 bits per heavy atom. The standard InChI is InChI=1S/C52H58BN3/c1-33-17-16-18-36(27-33)54-43-28-34(2)21-22-40(43)53-41-30-35(48(3,4)5)29-39-47(41)56(52(9)26-15-13-24-50(39,52)7)45-32-37(31-44(54)46(45)53)55-42-20-11-10-19-38(42)49(6)23-12-14-25-51(49,55)8/h10-11,16-22,27-32H,12-15,23-26H2,1-9H3. The molecule has 0 spiro atoms. The summed E-state index contributed by atoms with van der Waals surface area (Å²) in [5.74, 6) is 0. The molecule has 3 nitrogen and oxygen atoms in total. The Hall–Kier alpha value is -4.44. The molecule has 6 aliphatic rings. The summed E-state index contributed by atoms with van der Waals surface area (Å²) in [4.78, 5) is 8.40. The first-order valence-electron chi connectivity index (χ1n) is 21.7. The number of nitrogens with zero attached hydrogens (tertiary/aromatic N) is 3. The van der Waals surface area contributed by atoms with E-state index in [0.717, 1.165) is 0 Å². The van der Waals surface area contributed by atoms with Crippen molar-refractivity contribution >= 4 is 62.9 Å². The van der Waals surface area contributed by atoms with Crippen LogP contribution in [-0.2, 0) is 16.2 Å². The highest BCUT2D eigenvalue weighted by Gasteiger charge is 2.62. The number of hydrogen-bond donors (Lipinski definition) is 0. The number of anilines is 7. The highest BCUT2D eigenvalue weighted by atomic mass is 15.3. The van der Waals surface area contributed by atoms with Crippen molar-refractivity contribution in [1.29, 1.82) is 0 Å². The van der Waals surface area contributed by atoms with E-state index in [1.807, 2.05) is 0 Å². The molecule has 0 bridgehead atoms. The molecule has 4 heteroatoms. The second-order valence-corrected chi connectivity index (χ2v) is 20.6. The van der Waals surface area contributed by atoms with Gasteiger partial charge in [0.05, 0.1) is 11.1 Å². The third-order valence-corrected chi connectivity index (χ3v) is 16.6. The molecule has 2 aliphatic carbocycles. The minimum Gasteiger partial charge on any atom is -0.335 e. The lowest BCUT2D eigenvalue weighted by molar-refractivity contribution is 0.194. The van der Waals surface area contributed by atoms with Gasteiger partial charge < -0.3 is 14.7 Å². The third kappa shape index (κ3) is 4.16. The molecule has 5 aromatic rings. The van der Waals surface area contributed by atoms with Crippen LogP contribution in [0.15, 0.2) is 91.0 Å². The lowest BCUT2D eigenvalue weighted by atomic mass is 9.33. The molecule has 0 radical (unpaired) electrons. The fourth-order valence-corrected chi connectivity index (χ4v) is 13.1.